The van der Waals surface area contributed by atoms with Crippen LogP contribution in [0.25, 0.3) is 0 Å². The van der Waals surface area contributed by atoms with Crippen LogP contribution in [0.5, 0.6) is 0 Å². The van der Waals surface area contributed by atoms with Crippen LogP contribution in [0.2, 0.25) is 0 Å². The Morgan fingerprint density at radius 3 is 2.43 bits per heavy atom. The smallest absolute Gasteiger partial charge is 0.242 e. The third kappa shape index (κ3) is 5.98. The molecule has 0 aromatic carbocycles. The lowest BCUT2D eigenvalue weighted by atomic mass is 10.0. The van der Waals surface area contributed by atoms with E-state index in [-0.39, 0.29) is 0 Å². The van der Waals surface area contributed by atoms with Gasteiger partial charge in [0.25, 0.3) is 0 Å². The first kappa shape index (κ1) is 19.1. The van der Waals surface area contributed by atoms with Crippen molar-refractivity contribution in [2.24, 2.45) is 5.92 Å². The molecule has 0 aliphatic rings. The summed E-state index contributed by atoms with van der Waals surface area (Å²) in [7, 11) is -3.44. The number of halogens is 1. The van der Waals surface area contributed by atoms with Crippen molar-refractivity contribution in [3.63, 3.8) is 0 Å². The molecule has 0 saturated heterocycles. The van der Waals surface area contributed by atoms with Crippen LogP contribution in [0.1, 0.15) is 45.4 Å². The van der Waals surface area contributed by atoms with Gasteiger partial charge in [0.05, 0.1) is 3.79 Å². The molecule has 0 aliphatic heterocycles. The van der Waals surface area contributed by atoms with Gasteiger partial charge in [-0.3, -0.25) is 0 Å². The summed E-state index contributed by atoms with van der Waals surface area (Å²) in [6.07, 6.45) is 1.96. The highest BCUT2D eigenvalue weighted by Gasteiger charge is 2.21. The van der Waals surface area contributed by atoms with Crippen molar-refractivity contribution in [2.45, 2.75) is 58.0 Å². The summed E-state index contributed by atoms with van der Waals surface area (Å²) in [6.45, 7) is 9.48. The molecule has 0 fully saturated rings. The van der Waals surface area contributed by atoms with Crippen LogP contribution in [-0.4, -0.2) is 21.0 Å². The minimum Gasteiger partial charge on any atom is -0.310 e. The van der Waals surface area contributed by atoms with Crippen molar-refractivity contribution in [3.05, 3.63) is 14.7 Å². The summed E-state index contributed by atoms with van der Waals surface area (Å²) in [4.78, 5) is 1.36. The van der Waals surface area contributed by atoms with Crippen LogP contribution in [0.4, 0.5) is 0 Å². The average molecular weight is 397 g/mol. The second-order valence-electron chi connectivity index (χ2n) is 5.42. The fraction of sp³-hybridized carbons (Fsp3) is 0.714. The molecular formula is C14H25BrN2O2S2. The second kappa shape index (κ2) is 8.62. The van der Waals surface area contributed by atoms with Gasteiger partial charge in [-0.1, -0.05) is 40.5 Å². The first-order valence-electron chi connectivity index (χ1n) is 7.31. The lowest BCUT2D eigenvalue weighted by Gasteiger charge is -2.13. The van der Waals surface area contributed by atoms with Gasteiger partial charge in [-0.05, 0) is 27.9 Å². The SMILES string of the molecule is CCC(CC)CNS(=O)(=O)c1cc(CNC(C)C)sc1Br. The van der Waals surface area contributed by atoms with E-state index in [2.05, 4.69) is 53.7 Å². The van der Waals surface area contributed by atoms with Crippen molar-refractivity contribution in [3.8, 4) is 0 Å². The zero-order valence-corrected chi connectivity index (χ0v) is 16.3. The van der Waals surface area contributed by atoms with E-state index in [1.165, 1.54) is 11.3 Å². The molecule has 0 saturated carbocycles. The topological polar surface area (TPSA) is 58.2 Å². The standard InChI is InChI=1S/C14H25BrN2O2S2/c1-5-11(6-2)8-17-21(18,19)13-7-12(20-14(13)15)9-16-10(3)4/h7,10-11,16-17H,5-6,8-9H2,1-4H3. The van der Waals surface area contributed by atoms with Crippen LogP contribution in [0.15, 0.2) is 14.7 Å². The Kier molecular flexibility index (Phi) is 7.84. The Morgan fingerprint density at radius 1 is 1.29 bits per heavy atom. The van der Waals surface area contributed by atoms with Crippen molar-refractivity contribution in [2.75, 3.05) is 6.54 Å². The van der Waals surface area contributed by atoms with E-state index >= 15 is 0 Å². The number of rotatable bonds is 9. The molecule has 21 heavy (non-hydrogen) atoms. The number of hydrogen-bond donors (Lipinski definition) is 2. The molecule has 0 bridgehead atoms. The summed E-state index contributed by atoms with van der Waals surface area (Å²) >= 11 is 4.84. The quantitative estimate of drug-likeness (QED) is 0.668. The summed E-state index contributed by atoms with van der Waals surface area (Å²) < 4.78 is 28.2. The molecular weight excluding hydrogens is 372 g/mol. The second-order valence-corrected chi connectivity index (χ2v) is 9.61. The molecule has 1 heterocycles. The third-order valence-corrected chi connectivity index (χ3v) is 7.07. The van der Waals surface area contributed by atoms with Gasteiger partial charge >= 0.3 is 0 Å². The van der Waals surface area contributed by atoms with Crippen molar-refractivity contribution in [1.82, 2.24) is 10.0 Å². The van der Waals surface area contributed by atoms with Gasteiger partial charge < -0.3 is 5.32 Å². The Labute approximate surface area is 140 Å². The van der Waals surface area contributed by atoms with Gasteiger partial charge in [-0.25, -0.2) is 13.1 Å². The lowest BCUT2D eigenvalue weighted by molar-refractivity contribution is 0.479. The van der Waals surface area contributed by atoms with Gasteiger partial charge in [0.15, 0.2) is 0 Å². The molecule has 2 N–H and O–H groups in total. The van der Waals surface area contributed by atoms with Crippen LogP contribution < -0.4 is 10.0 Å². The highest BCUT2D eigenvalue weighted by atomic mass is 79.9. The van der Waals surface area contributed by atoms with Gasteiger partial charge in [0.2, 0.25) is 10.0 Å². The Hall–Kier alpha value is 0.0500. The summed E-state index contributed by atoms with van der Waals surface area (Å²) in [6, 6.07) is 2.12. The zero-order chi connectivity index (χ0) is 16.0. The number of sulfonamides is 1. The van der Waals surface area contributed by atoms with E-state index in [1.807, 2.05) is 0 Å². The van der Waals surface area contributed by atoms with Crippen molar-refractivity contribution in [1.29, 1.82) is 0 Å². The predicted molar refractivity (Wildman–Crippen MR) is 93.3 cm³/mol. The number of hydrogen-bond acceptors (Lipinski definition) is 4. The first-order valence-corrected chi connectivity index (χ1v) is 10.4. The molecule has 0 atom stereocenters. The summed E-state index contributed by atoms with van der Waals surface area (Å²) in [5.41, 5.74) is 0. The molecule has 0 unspecified atom stereocenters. The molecule has 1 aromatic rings. The molecule has 1 aromatic heterocycles. The molecule has 4 nitrogen and oxygen atoms in total. The Morgan fingerprint density at radius 2 is 1.90 bits per heavy atom. The van der Waals surface area contributed by atoms with Crippen LogP contribution >= 0.6 is 27.3 Å². The van der Waals surface area contributed by atoms with Crippen LogP contribution in [-0.2, 0) is 16.6 Å². The highest BCUT2D eigenvalue weighted by Crippen LogP contribution is 2.31. The van der Waals surface area contributed by atoms with E-state index < -0.39 is 10.0 Å². The highest BCUT2D eigenvalue weighted by molar-refractivity contribution is 9.11. The van der Waals surface area contributed by atoms with Crippen LogP contribution in [0.3, 0.4) is 0 Å². The van der Waals surface area contributed by atoms with Gasteiger partial charge in [-0.2, -0.15) is 0 Å². The average Bonchev–Trinajstić information content (AvgIpc) is 2.79. The molecule has 1 rings (SSSR count). The van der Waals surface area contributed by atoms with Gasteiger partial charge in [0, 0.05) is 24.0 Å². The van der Waals surface area contributed by atoms with Crippen LogP contribution in [0, 0.1) is 5.92 Å². The number of nitrogens with one attached hydrogen (secondary N) is 2. The monoisotopic (exact) mass is 396 g/mol. The maximum absolute atomic E-state index is 12.4. The lowest BCUT2D eigenvalue weighted by Crippen LogP contribution is -2.29. The van der Waals surface area contributed by atoms with Crippen molar-refractivity contribution < 1.29 is 8.42 Å². The predicted octanol–water partition coefficient (Wildman–Crippen LogP) is 3.72. The molecule has 0 radical (unpaired) electrons. The van der Waals surface area contributed by atoms with Crippen molar-refractivity contribution >= 4 is 37.3 Å². The third-order valence-electron chi connectivity index (χ3n) is 3.40. The summed E-state index contributed by atoms with van der Waals surface area (Å²) in [5.74, 6) is 0.388. The van der Waals surface area contributed by atoms with E-state index in [1.54, 1.807) is 6.07 Å². The first-order chi connectivity index (χ1) is 9.80. The van der Waals surface area contributed by atoms with Gasteiger partial charge in [0.1, 0.15) is 4.90 Å². The largest absolute Gasteiger partial charge is 0.310 e. The van der Waals surface area contributed by atoms with Gasteiger partial charge in [-0.15, -0.1) is 11.3 Å². The number of thiophene rings is 1. The van der Waals surface area contributed by atoms with E-state index in [0.29, 0.717) is 33.7 Å². The molecule has 0 spiro atoms. The fourth-order valence-corrected chi connectivity index (χ4v) is 5.60. The summed E-state index contributed by atoms with van der Waals surface area (Å²) in [5, 5.41) is 3.30. The maximum Gasteiger partial charge on any atom is 0.242 e. The Bertz CT molecular complexity index is 537. The fourth-order valence-electron chi connectivity index (χ4n) is 1.86. The molecule has 0 aliphatic carbocycles. The molecule has 0 amide bonds. The molecule has 122 valence electrons. The molecule has 7 heteroatoms. The Balaban J connectivity index is 2.78. The van der Waals surface area contributed by atoms with E-state index in [0.717, 1.165) is 17.7 Å². The normalized spacial score (nSPS) is 12.5. The maximum atomic E-state index is 12.4. The zero-order valence-electron chi connectivity index (χ0n) is 13.1. The van der Waals surface area contributed by atoms with E-state index in [4.69, 9.17) is 0 Å². The minimum absolute atomic E-state index is 0.346. The van der Waals surface area contributed by atoms with E-state index in [9.17, 15) is 8.42 Å². The minimum atomic E-state index is -3.44.